The second-order valence-electron chi connectivity index (χ2n) is 5.24. The van der Waals surface area contributed by atoms with Gasteiger partial charge in [-0.2, -0.15) is 0 Å². The Labute approximate surface area is 126 Å². The van der Waals surface area contributed by atoms with E-state index in [9.17, 15) is 9.59 Å². The van der Waals surface area contributed by atoms with Crippen molar-refractivity contribution in [2.45, 2.75) is 13.0 Å². The normalized spacial score (nSPS) is 21.7. The first-order valence-corrected chi connectivity index (χ1v) is 7.45. The third kappa shape index (κ3) is 2.28. The van der Waals surface area contributed by atoms with Gasteiger partial charge in [0.05, 0.1) is 6.04 Å². The summed E-state index contributed by atoms with van der Waals surface area (Å²) >= 11 is 3.41. The van der Waals surface area contributed by atoms with Gasteiger partial charge < -0.3 is 15.1 Å². The minimum absolute atomic E-state index is 0.0132. The number of fused-ring (bicyclic) bond motifs is 1. The third-order valence-corrected chi connectivity index (χ3v) is 4.44. The first-order valence-electron chi connectivity index (χ1n) is 6.66. The number of hydrogen-bond donors (Lipinski definition) is 1. The zero-order valence-corrected chi connectivity index (χ0v) is 12.8. The molecule has 2 fully saturated rings. The van der Waals surface area contributed by atoms with Gasteiger partial charge in [-0.25, -0.2) is 4.79 Å². The van der Waals surface area contributed by atoms with Crippen molar-refractivity contribution in [3.63, 3.8) is 0 Å². The summed E-state index contributed by atoms with van der Waals surface area (Å²) in [7, 11) is 0. The number of hydrogen-bond acceptors (Lipinski definition) is 2. The standard InChI is InChI=1S/C14H16BrN3O2/c1-9-2-3-10(15)6-12(9)13(19)17-4-5-18-11(8-17)7-16-14(18)20/h2-3,6,11H,4-5,7-8H2,1H3,(H,16,20). The molecule has 1 aromatic rings. The van der Waals surface area contributed by atoms with E-state index in [1.54, 1.807) is 0 Å². The Morgan fingerprint density at radius 3 is 3.00 bits per heavy atom. The predicted molar refractivity (Wildman–Crippen MR) is 78.7 cm³/mol. The van der Waals surface area contributed by atoms with Gasteiger partial charge in [-0.05, 0) is 24.6 Å². The van der Waals surface area contributed by atoms with Crippen LogP contribution in [0, 0.1) is 6.92 Å². The highest BCUT2D eigenvalue weighted by Crippen LogP contribution is 2.21. The zero-order chi connectivity index (χ0) is 14.3. The van der Waals surface area contributed by atoms with Crippen LogP contribution in [0.4, 0.5) is 4.79 Å². The molecule has 6 heteroatoms. The third-order valence-electron chi connectivity index (χ3n) is 3.95. The molecule has 1 aromatic carbocycles. The van der Waals surface area contributed by atoms with Crippen LogP contribution in [0.2, 0.25) is 0 Å². The van der Waals surface area contributed by atoms with Crippen molar-refractivity contribution in [3.05, 3.63) is 33.8 Å². The lowest BCUT2D eigenvalue weighted by Gasteiger charge is -2.36. The van der Waals surface area contributed by atoms with Gasteiger partial charge in [-0.1, -0.05) is 22.0 Å². The van der Waals surface area contributed by atoms with Crippen LogP contribution in [0.5, 0.6) is 0 Å². The maximum Gasteiger partial charge on any atom is 0.317 e. The van der Waals surface area contributed by atoms with E-state index < -0.39 is 0 Å². The SMILES string of the molecule is Cc1ccc(Br)cc1C(=O)N1CCN2C(=O)NCC2C1. The number of carbonyl (C=O) groups is 2. The Kier molecular flexibility index (Phi) is 3.41. The summed E-state index contributed by atoms with van der Waals surface area (Å²) in [5.74, 6) is 0.0443. The number of nitrogens with zero attached hydrogens (tertiary/aromatic N) is 2. The Balaban J connectivity index is 1.78. The Bertz CT molecular complexity index is 576. The first-order chi connectivity index (χ1) is 9.56. The molecule has 2 aliphatic heterocycles. The lowest BCUT2D eigenvalue weighted by molar-refractivity contribution is 0.0616. The number of benzene rings is 1. The molecule has 2 aliphatic rings. The molecular formula is C14H16BrN3O2. The number of aryl methyl sites for hydroxylation is 1. The van der Waals surface area contributed by atoms with E-state index in [1.165, 1.54) is 0 Å². The molecule has 1 atom stereocenters. The fraction of sp³-hybridized carbons (Fsp3) is 0.429. The van der Waals surface area contributed by atoms with E-state index >= 15 is 0 Å². The average Bonchev–Trinajstić information content (AvgIpc) is 2.82. The van der Waals surface area contributed by atoms with Gasteiger partial charge in [-0.15, -0.1) is 0 Å². The van der Waals surface area contributed by atoms with Crippen molar-refractivity contribution < 1.29 is 9.59 Å². The number of rotatable bonds is 1. The lowest BCUT2D eigenvalue weighted by Crippen LogP contribution is -2.53. The molecule has 0 spiro atoms. The maximum atomic E-state index is 12.6. The van der Waals surface area contributed by atoms with Gasteiger partial charge in [0.1, 0.15) is 0 Å². The summed E-state index contributed by atoms with van der Waals surface area (Å²) in [6.45, 7) is 4.37. The van der Waals surface area contributed by atoms with Crippen LogP contribution in [-0.4, -0.2) is 54.0 Å². The van der Waals surface area contributed by atoms with Crippen molar-refractivity contribution in [3.8, 4) is 0 Å². The molecule has 0 aromatic heterocycles. The summed E-state index contributed by atoms with van der Waals surface area (Å²) < 4.78 is 0.905. The van der Waals surface area contributed by atoms with E-state index in [0.717, 1.165) is 15.6 Å². The number of carbonyl (C=O) groups excluding carboxylic acids is 2. The van der Waals surface area contributed by atoms with Crippen molar-refractivity contribution in [2.75, 3.05) is 26.2 Å². The van der Waals surface area contributed by atoms with Crippen molar-refractivity contribution in [1.29, 1.82) is 0 Å². The Morgan fingerprint density at radius 1 is 1.40 bits per heavy atom. The van der Waals surface area contributed by atoms with E-state index in [1.807, 2.05) is 34.9 Å². The molecule has 1 N–H and O–H groups in total. The Hall–Kier alpha value is -1.56. The number of amides is 3. The summed E-state index contributed by atoms with van der Waals surface area (Å²) in [4.78, 5) is 27.8. The predicted octanol–water partition coefficient (Wildman–Crippen LogP) is 1.61. The number of urea groups is 1. The molecule has 3 rings (SSSR count). The number of nitrogens with one attached hydrogen (secondary N) is 1. The highest BCUT2D eigenvalue weighted by Gasteiger charge is 2.37. The summed E-state index contributed by atoms with van der Waals surface area (Å²) in [6.07, 6.45) is 0. The van der Waals surface area contributed by atoms with E-state index in [2.05, 4.69) is 21.2 Å². The molecule has 0 radical (unpaired) electrons. The second-order valence-corrected chi connectivity index (χ2v) is 6.16. The summed E-state index contributed by atoms with van der Waals surface area (Å²) in [6, 6.07) is 5.83. The molecule has 5 nitrogen and oxygen atoms in total. The van der Waals surface area contributed by atoms with Crippen LogP contribution in [-0.2, 0) is 0 Å². The molecule has 0 saturated carbocycles. The average molecular weight is 338 g/mol. The molecule has 106 valence electrons. The fourth-order valence-electron chi connectivity index (χ4n) is 2.78. The smallest absolute Gasteiger partial charge is 0.317 e. The molecule has 20 heavy (non-hydrogen) atoms. The first kappa shape index (κ1) is 13.4. The van der Waals surface area contributed by atoms with Gasteiger partial charge in [0.25, 0.3) is 5.91 Å². The fourth-order valence-corrected chi connectivity index (χ4v) is 3.14. The van der Waals surface area contributed by atoms with Gasteiger partial charge >= 0.3 is 6.03 Å². The molecule has 0 aliphatic carbocycles. The van der Waals surface area contributed by atoms with Crippen molar-refractivity contribution in [1.82, 2.24) is 15.1 Å². The number of piperazine rings is 1. The van der Waals surface area contributed by atoms with Gasteiger partial charge in [0.2, 0.25) is 0 Å². The highest BCUT2D eigenvalue weighted by molar-refractivity contribution is 9.10. The Morgan fingerprint density at radius 2 is 2.20 bits per heavy atom. The molecule has 3 amide bonds. The maximum absolute atomic E-state index is 12.6. The topological polar surface area (TPSA) is 52.7 Å². The highest BCUT2D eigenvalue weighted by atomic mass is 79.9. The molecular weight excluding hydrogens is 322 g/mol. The zero-order valence-electron chi connectivity index (χ0n) is 11.2. The van der Waals surface area contributed by atoms with Gasteiger partial charge in [0.15, 0.2) is 0 Å². The van der Waals surface area contributed by atoms with Gasteiger partial charge in [0, 0.05) is 36.2 Å². The molecule has 2 heterocycles. The van der Waals surface area contributed by atoms with Crippen LogP contribution in [0.3, 0.4) is 0 Å². The summed E-state index contributed by atoms with van der Waals surface area (Å²) in [5.41, 5.74) is 1.70. The monoisotopic (exact) mass is 337 g/mol. The number of halogens is 1. The van der Waals surface area contributed by atoms with Gasteiger partial charge in [-0.3, -0.25) is 4.79 Å². The van der Waals surface area contributed by atoms with Crippen LogP contribution in [0.25, 0.3) is 0 Å². The second kappa shape index (κ2) is 5.09. The van der Waals surface area contributed by atoms with Crippen LogP contribution < -0.4 is 5.32 Å². The van der Waals surface area contributed by atoms with Crippen molar-refractivity contribution in [2.24, 2.45) is 0 Å². The minimum atomic E-state index is -0.0132. The lowest BCUT2D eigenvalue weighted by atomic mass is 10.1. The van der Waals surface area contributed by atoms with Crippen molar-refractivity contribution >= 4 is 27.9 Å². The minimum Gasteiger partial charge on any atom is -0.336 e. The quantitative estimate of drug-likeness (QED) is 0.846. The van der Waals surface area contributed by atoms with Crippen LogP contribution >= 0.6 is 15.9 Å². The molecule has 1 unspecified atom stereocenters. The summed E-state index contributed by atoms with van der Waals surface area (Å²) in [5, 5.41) is 2.82. The molecule has 2 saturated heterocycles. The van der Waals surface area contributed by atoms with Crippen LogP contribution in [0.15, 0.2) is 22.7 Å². The molecule has 0 bridgehead atoms. The van der Waals surface area contributed by atoms with E-state index in [-0.39, 0.29) is 18.0 Å². The van der Waals surface area contributed by atoms with E-state index in [0.29, 0.717) is 26.2 Å². The van der Waals surface area contributed by atoms with E-state index in [4.69, 9.17) is 0 Å². The largest absolute Gasteiger partial charge is 0.336 e. The van der Waals surface area contributed by atoms with Crippen LogP contribution in [0.1, 0.15) is 15.9 Å².